The van der Waals surface area contributed by atoms with Crippen molar-refractivity contribution >= 4 is 0 Å². The highest BCUT2D eigenvalue weighted by Gasteiger charge is 2.20. The summed E-state index contributed by atoms with van der Waals surface area (Å²) < 4.78 is 0. The summed E-state index contributed by atoms with van der Waals surface area (Å²) in [6.07, 6.45) is 4.16. The molecule has 14 heavy (non-hydrogen) atoms. The summed E-state index contributed by atoms with van der Waals surface area (Å²) in [7, 11) is 0. The Kier molecular flexibility index (Phi) is 7.45. The molecule has 0 aliphatic carbocycles. The van der Waals surface area contributed by atoms with Gasteiger partial charge in [-0.2, -0.15) is 5.26 Å². The van der Waals surface area contributed by atoms with Gasteiger partial charge in [0.15, 0.2) is 0 Å². The highest BCUT2D eigenvalue weighted by atomic mass is 16.3. The number of nitrogens with zero attached hydrogens (tertiary/aromatic N) is 1. The van der Waals surface area contributed by atoms with E-state index in [2.05, 4.69) is 11.4 Å². The second kappa shape index (κ2) is 7.78. The number of nitriles is 1. The first-order chi connectivity index (χ1) is 6.68. The molecular formula is C11H22N2O. The normalized spacial score (nSPS) is 11.3. The predicted molar refractivity (Wildman–Crippen MR) is 57.9 cm³/mol. The molecule has 3 nitrogen and oxygen atoms in total. The lowest BCUT2D eigenvalue weighted by molar-refractivity contribution is 0.0327. The monoisotopic (exact) mass is 198 g/mol. The number of hydrogen-bond acceptors (Lipinski definition) is 3. The topological polar surface area (TPSA) is 56.0 Å². The average Bonchev–Trinajstić information content (AvgIpc) is 2.23. The van der Waals surface area contributed by atoms with E-state index in [-0.39, 0.29) is 0 Å². The molecule has 0 fully saturated rings. The van der Waals surface area contributed by atoms with Gasteiger partial charge in [-0.3, -0.25) is 0 Å². The van der Waals surface area contributed by atoms with E-state index >= 15 is 0 Å². The molecule has 82 valence electrons. The zero-order chi connectivity index (χ0) is 10.9. The van der Waals surface area contributed by atoms with Crippen molar-refractivity contribution in [2.45, 2.75) is 51.6 Å². The van der Waals surface area contributed by atoms with Crippen molar-refractivity contribution in [3.05, 3.63) is 0 Å². The molecule has 0 aliphatic rings. The Morgan fingerprint density at radius 1 is 1.29 bits per heavy atom. The largest absolute Gasteiger partial charge is 0.389 e. The maximum atomic E-state index is 9.92. The first-order valence-electron chi connectivity index (χ1n) is 5.48. The highest BCUT2D eigenvalue weighted by molar-refractivity contribution is 4.77. The Balaban J connectivity index is 3.39. The smallest absolute Gasteiger partial charge is 0.0766 e. The van der Waals surface area contributed by atoms with Crippen LogP contribution in [0.25, 0.3) is 0 Å². The van der Waals surface area contributed by atoms with Gasteiger partial charge in [0.1, 0.15) is 0 Å². The highest BCUT2D eigenvalue weighted by Crippen LogP contribution is 2.12. The molecule has 0 unspecified atom stereocenters. The van der Waals surface area contributed by atoms with Gasteiger partial charge in [-0.05, 0) is 32.2 Å². The fourth-order valence-corrected chi connectivity index (χ4v) is 1.28. The van der Waals surface area contributed by atoms with Crippen LogP contribution in [0.4, 0.5) is 0 Å². The minimum absolute atomic E-state index is 0.546. The Bertz CT molecular complexity index is 171. The van der Waals surface area contributed by atoms with E-state index in [1.54, 1.807) is 0 Å². The van der Waals surface area contributed by atoms with Crippen LogP contribution in [0.1, 0.15) is 46.0 Å². The molecule has 0 aromatic heterocycles. The van der Waals surface area contributed by atoms with Gasteiger partial charge in [0.25, 0.3) is 0 Å². The van der Waals surface area contributed by atoms with Crippen molar-refractivity contribution < 1.29 is 5.11 Å². The summed E-state index contributed by atoms with van der Waals surface area (Å²) in [5.41, 5.74) is -0.546. The van der Waals surface area contributed by atoms with Crippen molar-refractivity contribution in [2.75, 3.05) is 13.1 Å². The van der Waals surface area contributed by atoms with E-state index in [0.29, 0.717) is 13.0 Å². The van der Waals surface area contributed by atoms with E-state index in [9.17, 15) is 5.11 Å². The number of hydrogen-bond donors (Lipinski definition) is 2. The molecule has 0 heterocycles. The first kappa shape index (κ1) is 13.4. The Morgan fingerprint density at radius 2 is 1.93 bits per heavy atom. The van der Waals surface area contributed by atoms with Gasteiger partial charge >= 0.3 is 0 Å². The molecule has 0 atom stereocenters. The van der Waals surface area contributed by atoms with Gasteiger partial charge in [0.05, 0.1) is 11.7 Å². The van der Waals surface area contributed by atoms with E-state index < -0.39 is 5.60 Å². The zero-order valence-corrected chi connectivity index (χ0v) is 9.34. The van der Waals surface area contributed by atoms with E-state index in [4.69, 9.17) is 5.26 Å². The van der Waals surface area contributed by atoms with Gasteiger partial charge in [-0.1, -0.05) is 13.8 Å². The van der Waals surface area contributed by atoms with Crippen molar-refractivity contribution in [3.8, 4) is 6.07 Å². The maximum Gasteiger partial charge on any atom is 0.0766 e. The molecule has 0 bridgehead atoms. The van der Waals surface area contributed by atoms with Gasteiger partial charge in [0.2, 0.25) is 0 Å². The van der Waals surface area contributed by atoms with Gasteiger partial charge in [-0.15, -0.1) is 0 Å². The summed E-state index contributed by atoms with van der Waals surface area (Å²) in [4.78, 5) is 0. The third-order valence-electron chi connectivity index (χ3n) is 2.66. The van der Waals surface area contributed by atoms with Crippen molar-refractivity contribution in [2.24, 2.45) is 0 Å². The molecule has 0 aliphatic heterocycles. The second-order valence-electron chi connectivity index (χ2n) is 3.72. The molecule has 0 radical (unpaired) electrons. The van der Waals surface area contributed by atoms with Crippen molar-refractivity contribution in [3.63, 3.8) is 0 Å². The van der Waals surface area contributed by atoms with Crippen LogP contribution in [-0.4, -0.2) is 23.8 Å². The summed E-state index contributed by atoms with van der Waals surface area (Å²) >= 11 is 0. The summed E-state index contributed by atoms with van der Waals surface area (Å²) in [5, 5.41) is 21.5. The van der Waals surface area contributed by atoms with E-state index in [1.165, 1.54) is 0 Å². The quantitative estimate of drug-likeness (QED) is 0.585. The molecule has 0 aromatic rings. The molecule has 0 rings (SSSR count). The summed E-state index contributed by atoms with van der Waals surface area (Å²) in [5.74, 6) is 0. The van der Waals surface area contributed by atoms with Crippen LogP contribution in [0, 0.1) is 11.3 Å². The first-order valence-corrected chi connectivity index (χ1v) is 5.48. The standard InChI is InChI=1S/C11H22N2O/c1-3-11(14,4-2)10-13-9-7-5-6-8-12/h13-14H,3-7,9-10H2,1-2H3. The maximum absolute atomic E-state index is 9.92. The van der Waals surface area contributed by atoms with Crippen molar-refractivity contribution in [1.29, 1.82) is 5.26 Å². The number of unbranched alkanes of at least 4 members (excludes halogenated alkanes) is 2. The number of rotatable bonds is 8. The number of nitrogens with one attached hydrogen (secondary N) is 1. The predicted octanol–water partition coefficient (Wildman–Crippen LogP) is 1.82. The lowest BCUT2D eigenvalue weighted by Gasteiger charge is -2.25. The fraction of sp³-hybridized carbons (Fsp3) is 0.909. The Morgan fingerprint density at radius 3 is 2.43 bits per heavy atom. The minimum atomic E-state index is -0.546. The van der Waals surface area contributed by atoms with Crippen molar-refractivity contribution in [1.82, 2.24) is 5.32 Å². The molecule has 0 spiro atoms. The van der Waals surface area contributed by atoms with Crippen LogP contribution in [0.5, 0.6) is 0 Å². The van der Waals surface area contributed by atoms with Crippen LogP contribution < -0.4 is 5.32 Å². The minimum Gasteiger partial charge on any atom is -0.389 e. The summed E-state index contributed by atoms with van der Waals surface area (Å²) in [6, 6.07) is 2.12. The zero-order valence-electron chi connectivity index (χ0n) is 9.34. The van der Waals surface area contributed by atoms with Gasteiger partial charge < -0.3 is 10.4 Å². The van der Waals surface area contributed by atoms with Crippen LogP contribution >= 0.6 is 0 Å². The second-order valence-corrected chi connectivity index (χ2v) is 3.72. The van der Waals surface area contributed by atoms with Gasteiger partial charge in [0, 0.05) is 13.0 Å². The van der Waals surface area contributed by atoms with Gasteiger partial charge in [-0.25, -0.2) is 0 Å². The molecule has 0 saturated carbocycles. The Labute approximate surface area is 87.1 Å². The third kappa shape index (κ3) is 5.95. The average molecular weight is 198 g/mol. The van der Waals surface area contributed by atoms with E-state index in [1.807, 2.05) is 13.8 Å². The molecule has 3 heteroatoms. The molecule has 0 amide bonds. The molecule has 0 aromatic carbocycles. The Hall–Kier alpha value is -0.590. The molecular weight excluding hydrogens is 176 g/mol. The fourth-order valence-electron chi connectivity index (χ4n) is 1.28. The van der Waals surface area contributed by atoms with Crippen LogP contribution in [0.2, 0.25) is 0 Å². The number of aliphatic hydroxyl groups is 1. The van der Waals surface area contributed by atoms with E-state index in [0.717, 1.165) is 32.2 Å². The van der Waals surface area contributed by atoms with Crippen LogP contribution in [0.3, 0.4) is 0 Å². The molecule has 2 N–H and O–H groups in total. The SMILES string of the molecule is CCC(O)(CC)CNCCCCC#N. The lowest BCUT2D eigenvalue weighted by Crippen LogP contribution is -2.39. The van der Waals surface area contributed by atoms with Crippen LogP contribution in [0.15, 0.2) is 0 Å². The lowest BCUT2D eigenvalue weighted by atomic mass is 9.97. The third-order valence-corrected chi connectivity index (χ3v) is 2.66. The van der Waals surface area contributed by atoms with Crippen LogP contribution in [-0.2, 0) is 0 Å². The molecule has 0 saturated heterocycles. The summed E-state index contributed by atoms with van der Waals surface area (Å²) in [6.45, 7) is 5.55.